The van der Waals surface area contributed by atoms with E-state index in [1.54, 1.807) is 28.1 Å². The van der Waals surface area contributed by atoms with Gasteiger partial charge in [-0.2, -0.15) is 0 Å². The van der Waals surface area contributed by atoms with Gasteiger partial charge in [0.2, 0.25) is 5.91 Å². The fourth-order valence-corrected chi connectivity index (χ4v) is 5.48. The Morgan fingerprint density at radius 3 is 2.81 bits per heavy atom. The number of benzene rings is 1. The Morgan fingerprint density at radius 1 is 1.23 bits per heavy atom. The van der Waals surface area contributed by atoms with Crippen molar-refractivity contribution in [2.75, 3.05) is 11.4 Å². The third-order valence-electron chi connectivity index (χ3n) is 4.84. The van der Waals surface area contributed by atoms with Gasteiger partial charge in [-0.3, -0.25) is 9.69 Å². The van der Waals surface area contributed by atoms with Crippen LogP contribution in [0.2, 0.25) is 0 Å². The molecule has 1 fully saturated rings. The third kappa shape index (κ3) is 3.58. The molecule has 2 atom stereocenters. The molecule has 4 rings (SSSR count). The van der Waals surface area contributed by atoms with Crippen LogP contribution < -0.4 is 9.80 Å². The fourth-order valence-electron chi connectivity index (χ4n) is 3.67. The van der Waals surface area contributed by atoms with Gasteiger partial charge >= 0.3 is 0 Å². The smallest absolute Gasteiger partial charge is 0.230 e. The molecule has 3 aromatic rings. The van der Waals surface area contributed by atoms with E-state index in [9.17, 15) is 4.79 Å². The van der Waals surface area contributed by atoms with E-state index in [4.69, 9.17) is 4.98 Å². The Bertz CT molecular complexity index is 860. The van der Waals surface area contributed by atoms with Crippen molar-refractivity contribution < 1.29 is 9.69 Å². The molecule has 1 amide bonds. The number of hydrogen-bond donors (Lipinski definition) is 1. The van der Waals surface area contributed by atoms with Gasteiger partial charge in [0.05, 0.1) is 17.1 Å². The SMILES string of the molecule is CC(=O)N(c1ccccc1)c1nc(C[NH+]2CCC[C@@H]2c2cccs2)cs1. The van der Waals surface area contributed by atoms with E-state index in [1.165, 1.54) is 24.3 Å². The molecule has 4 nitrogen and oxygen atoms in total. The first-order chi connectivity index (χ1) is 12.7. The van der Waals surface area contributed by atoms with E-state index in [1.807, 2.05) is 41.7 Å². The standard InChI is InChI=1S/C20H21N3OS2/c1-15(24)23(17-7-3-2-4-8-17)20-21-16(14-26-20)13-22-11-5-9-18(22)19-10-6-12-25-19/h2-4,6-8,10,12,14,18H,5,9,11,13H2,1H3/p+1/t18-/m1/s1. The highest BCUT2D eigenvalue weighted by Crippen LogP contribution is 2.29. The second-order valence-electron chi connectivity index (χ2n) is 6.61. The molecule has 3 heterocycles. The zero-order chi connectivity index (χ0) is 17.9. The van der Waals surface area contributed by atoms with Gasteiger partial charge in [0.15, 0.2) is 5.13 Å². The molecule has 6 heteroatoms. The number of nitrogens with zero attached hydrogens (tertiary/aromatic N) is 2. The summed E-state index contributed by atoms with van der Waals surface area (Å²) < 4.78 is 0. The summed E-state index contributed by atoms with van der Waals surface area (Å²) in [4.78, 5) is 21.7. The number of hydrogen-bond acceptors (Lipinski definition) is 4. The first-order valence-electron chi connectivity index (χ1n) is 8.90. The van der Waals surface area contributed by atoms with Gasteiger partial charge in [-0.1, -0.05) is 24.3 Å². The van der Waals surface area contributed by atoms with Crippen molar-refractivity contribution in [3.63, 3.8) is 0 Å². The molecule has 1 aliphatic heterocycles. The predicted molar refractivity (Wildman–Crippen MR) is 107 cm³/mol. The van der Waals surface area contributed by atoms with E-state index in [0.717, 1.165) is 23.1 Å². The molecule has 134 valence electrons. The molecule has 0 radical (unpaired) electrons. The molecular formula is C20H22N3OS2+. The summed E-state index contributed by atoms with van der Waals surface area (Å²) in [7, 11) is 0. The Balaban J connectivity index is 1.53. The van der Waals surface area contributed by atoms with Crippen LogP contribution in [0.5, 0.6) is 0 Å². The zero-order valence-corrected chi connectivity index (χ0v) is 16.4. The monoisotopic (exact) mass is 384 g/mol. The number of aromatic nitrogens is 1. The first-order valence-corrected chi connectivity index (χ1v) is 10.7. The molecule has 1 unspecified atom stereocenters. The highest BCUT2D eigenvalue weighted by molar-refractivity contribution is 7.14. The summed E-state index contributed by atoms with van der Waals surface area (Å²) in [6.45, 7) is 3.69. The number of rotatable bonds is 5. The molecule has 2 aromatic heterocycles. The number of likely N-dealkylation sites (tertiary alicyclic amines) is 1. The number of thiazole rings is 1. The topological polar surface area (TPSA) is 37.6 Å². The Kier molecular flexibility index (Phi) is 5.15. The quantitative estimate of drug-likeness (QED) is 0.726. The minimum atomic E-state index is -0.0120. The van der Waals surface area contributed by atoms with E-state index in [0.29, 0.717) is 6.04 Å². The van der Waals surface area contributed by atoms with Crippen LogP contribution in [0.25, 0.3) is 0 Å². The van der Waals surface area contributed by atoms with Crippen LogP contribution in [-0.2, 0) is 11.3 Å². The number of thiophene rings is 1. The van der Waals surface area contributed by atoms with E-state index >= 15 is 0 Å². The van der Waals surface area contributed by atoms with Gasteiger partial charge in [-0.25, -0.2) is 4.98 Å². The van der Waals surface area contributed by atoms with E-state index < -0.39 is 0 Å². The number of anilines is 2. The molecule has 26 heavy (non-hydrogen) atoms. The number of para-hydroxylation sites is 1. The highest BCUT2D eigenvalue weighted by Gasteiger charge is 2.31. The van der Waals surface area contributed by atoms with Crippen molar-refractivity contribution >= 4 is 39.4 Å². The van der Waals surface area contributed by atoms with Crippen LogP contribution in [0.3, 0.4) is 0 Å². The van der Waals surface area contributed by atoms with Gasteiger partial charge < -0.3 is 4.90 Å². The molecule has 0 aliphatic carbocycles. The van der Waals surface area contributed by atoms with Crippen LogP contribution in [0.15, 0.2) is 53.2 Å². The number of amides is 1. The van der Waals surface area contributed by atoms with Crippen molar-refractivity contribution in [3.8, 4) is 0 Å². The van der Waals surface area contributed by atoms with E-state index in [2.05, 4.69) is 22.9 Å². The van der Waals surface area contributed by atoms with Crippen LogP contribution in [-0.4, -0.2) is 17.4 Å². The fraction of sp³-hybridized carbons (Fsp3) is 0.300. The average Bonchev–Trinajstić information content (AvgIpc) is 3.38. The van der Waals surface area contributed by atoms with Crippen molar-refractivity contribution in [2.24, 2.45) is 0 Å². The summed E-state index contributed by atoms with van der Waals surface area (Å²) in [5.41, 5.74) is 1.94. The number of carbonyl (C=O) groups is 1. The lowest BCUT2D eigenvalue weighted by molar-refractivity contribution is -0.931. The van der Waals surface area contributed by atoms with Crippen molar-refractivity contribution in [1.29, 1.82) is 0 Å². The second kappa shape index (κ2) is 7.70. The Labute approximate surface area is 161 Å². The molecule has 0 saturated carbocycles. The van der Waals surface area contributed by atoms with Gasteiger partial charge in [0.25, 0.3) is 0 Å². The molecule has 1 N–H and O–H groups in total. The molecule has 0 bridgehead atoms. The zero-order valence-electron chi connectivity index (χ0n) is 14.7. The lowest BCUT2D eigenvalue weighted by Gasteiger charge is -2.20. The van der Waals surface area contributed by atoms with Gasteiger partial charge in [0, 0.05) is 25.1 Å². The maximum Gasteiger partial charge on any atom is 0.230 e. The number of quaternary nitrogens is 1. The summed E-state index contributed by atoms with van der Waals surface area (Å²) in [5, 5.41) is 5.02. The van der Waals surface area contributed by atoms with Crippen LogP contribution in [0.4, 0.5) is 10.8 Å². The normalized spacial score (nSPS) is 19.6. The minimum Gasteiger partial charge on any atom is -0.323 e. The summed E-state index contributed by atoms with van der Waals surface area (Å²) in [6.07, 6.45) is 2.51. The van der Waals surface area contributed by atoms with Gasteiger partial charge in [-0.15, -0.1) is 22.7 Å². The second-order valence-corrected chi connectivity index (χ2v) is 8.42. The first kappa shape index (κ1) is 17.4. The third-order valence-corrected chi connectivity index (χ3v) is 6.70. The maximum atomic E-state index is 12.2. The van der Waals surface area contributed by atoms with Crippen molar-refractivity contribution in [2.45, 2.75) is 32.4 Å². The molecule has 1 aliphatic rings. The van der Waals surface area contributed by atoms with Crippen LogP contribution in [0.1, 0.15) is 36.4 Å². The van der Waals surface area contributed by atoms with Gasteiger partial charge in [0.1, 0.15) is 18.3 Å². The summed E-state index contributed by atoms with van der Waals surface area (Å²) in [5.74, 6) is -0.0120. The molecule has 1 saturated heterocycles. The lowest BCUT2D eigenvalue weighted by Crippen LogP contribution is -3.08. The molecule has 1 aromatic carbocycles. The summed E-state index contributed by atoms with van der Waals surface area (Å²) in [6, 6.07) is 14.7. The average molecular weight is 385 g/mol. The lowest BCUT2D eigenvalue weighted by atomic mass is 10.2. The van der Waals surface area contributed by atoms with Crippen LogP contribution >= 0.6 is 22.7 Å². The van der Waals surface area contributed by atoms with Crippen molar-refractivity contribution in [3.05, 3.63) is 63.8 Å². The van der Waals surface area contributed by atoms with Crippen molar-refractivity contribution in [1.82, 2.24) is 4.98 Å². The van der Waals surface area contributed by atoms with Gasteiger partial charge in [-0.05, 0) is 23.6 Å². The van der Waals surface area contributed by atoms with Crippen LogP contribution in [0, 0.1) is 0 Å². The molecule has 0 spiro atoms. The largest absolute Gasteiger partial charge is 0.323 e. The number of carbonyl (C=O) groups excluding carboxylic acids is 1. The predicted octanol–water partition coefficient (Wildman–Crippen LogP) is 3.81. The maximum absolute atomic E-state index is 12.2. The number of nitrogens with one attached hydrogen (secondary N) is 1. The highest BCUT2D eigenvalue weighted by atomic mass is 32.1. The Hall–Kier alpha value is -2.02. The molecular weight excluding hydrogens is 362 g/mol. The summed E-state index contributed by atoms with van der Waals surface area (Å²) >= 11 is 3.40. The van der Waals surface area contributed by atoms with E-state index in [-0.39, 0.29) is 5.91 Å². The minimum absolute atomic E-state index is 0.0120. The Morgan fingerprint density at radius 2 is 2.08 bits per heavy atom.